The maximum Gasteiger partial charge on any atom is 0.337 e. The van der Waals surface area contributed by atoms with Crippen LogP contribution in [0.1, 0.15) is 49.2 Å². The van der Waals surface area contributed by atoms with Gasteiger partial charge in [0.05, 0.1) is 29.7 Å². The maximum absolute atomic E-state index is 13.6. The molecule has 0 spiro atoms. The summed E-state index contributed by atoms with van der Waals surface area (Å²) in [4.78, 5) is 44.7. The van der Waals surface area contributed by atoms with Crippen molar-refractivity contribution in [2.75, 3.05) is 12.0 Å². The molecule has 5 rings (SSSR count). The number of nitrogens with zero attached hydrogens (tertiary/aromatic N) is 2. The lowest BCUT2D eigenvalue weighted by atomic mass is 9.97. The van der Waals surface area contributed by atoms with E-state index in [1.807, 2.05) is 13.8 Å². The minimum Gasteiger partial charge on any atom is -0.465 e. The first-order chi connectivity index (χ1) is 15.4. The Morgan fingerprint density at radius 3 is 2.50 bits per heavy atom. The molecule has 7 nitrogen and oxygen atoms in total. The van der Waals surface area contributed by atoms with E-state index in [4.69, 9.17) is 9.15 Å². The van der Waals surface area contributed by atoms with E-state index in [1.54, 1.807) is 48.0 Å². The van der Waals surface area contributed by atoms with Crippen molar-refractivity contribution in [2.24, 2.45) is 0 Å². The number of methoxy groups -OCH3 is 1. The van der Waals surface area contributed by atoms with E-state index in [-0.39, 0.29) is 16.8 Å². The third-order valence-corrected chi connectivity index (χ3v) is 6.53. The van der Waals surface area contributed by atoms with Crippen molar-refractivity contribution in [3.8, 4) is 0 Å². The first-order valence-corrected chi connectivity index (χ1v) is 10.8. The van der Waals surface area contributed by atoms with Gasteiger partial charge in [0.2, 0.25) is 5.76 Å². The second kappa shape index (κ2) is 7.42. The quantitative estimate of drug-likeness (QED) is 0.433. The molecule has 32 heavy (non-hydrogen) atoms. The standard InChI is InChI=1S/C24H18N2O5S/c1-12-10-16-17(11-13(12)2)31-21-18(20(16)27)19(26(22(21)28)24-25-8-9-32-24)14-4-6-15(7-5-14)23(29)30-3/h4-11,19H,1-3H3/t19-/m1/s1. The Kier molecular flexibility index (Phi) is 4.67. The molecule has 0 unspecified atom stereocenters. The van der Waals surface area contributed by atoms with E-state index in [0.717, 1.165) is 11.1 Å². The number of aromatic nitrogens is 1. The number of fused-ring (bicyclic) bond motifs is 2. The molecule has 0 bridgehead atoms. The number of carbonyl (C=O) groups excluding carboxylic acids is 2. The molecule has 2 aromatic heterocycles. The van der Waals surface area contributed by atoms with Crippen LogP contribution in [0.25, 0.3) is 11.0 Å². The van der Waals surface area contributed by atoms with Crippen molar-refractivity contribution >= 4 is 39.3 Å². The predicted octanol–water partition coefficient (Wildman–Crippen LogP) is 4.40. The average molecular weight is 446 g/mol. The fraction of sp³-hybridized carbons (Fsp3) is 0.167. The fourth-order valence-electron chi connectivity index (χ4n) is 3.99. The molecule has 1 aliphatic heterocycles. The van der Waals surface area contributed by atoms with Gasteiger partial charge in [0.1, 0.15) is 5.58 Å². The van der Waals surface area contributed by atoms with Gasteiger partial charge < -0.3 is 9.15 Å². The molecule has 0 saturated carbocycles. The van der Waals surface area contributed by atoms with Crippen LogP contribution in [0.2, 0.25) is 0 Å². The van der Waals surface area contributed by atoms with Crippen molar-refractivity contribution in [2.45, 2.75) is 19.9 Å². The number of aryl methyl sites for hydroxylation is 2. The van der Waals surface area contributed by atoms with Crippen molar-refractivity contribution in [3.05, 3.63) is 91.8 Å². The summed E-state index contributed by atoms with van der Waals surface area (Å²) in [5, 5.41) is 2.65. The fourth-order valence-corrected chi connectivity index (χ4v) is 4.66. The number of amides is 1. The van der Waals surface area contributed by atoms with Crippen molar-refractivity contribution in [1.29, 1.82) is 0 Å². The Labute approximate surface area is 186 Å². The van der Waals surface area contributed by atoms with E-state index in [1.165, 1.54) is 23.3 Å². The van der Waals surface area contributed by atoms with Gasteiger partial charge in [-0.3, -0.25) is 14.5 Å². The number of anilines is 1. The highest BCUT2D eigenvalue weighted by atomic mass is 32.1. The molecule has 2 aromatic carbocycles. The molecule has 1 atom stereocenters. The summed E-state index contributed by atoms with van der Waals surface area (Å²) in [6.07, 6.45) is 1.60. The second-order valence-corrected chi connectivity index (χ2v) is 8.49. The average Bonchev–Trinajstić information content (AvgIpc) is 3.42. The maximum atomic E-state index is 13.6. The summed E-state index contributed by atoms with van der Waals surface area (Å²) in [5.74, 6) is -0.871. The van der Waals surface area contributed by atoms with Gasteiger partial charge in [0, 0.05) is 11.6 Å². The van der Waals surface area contributed by atoms with Gasteiger partial charge >= 0.3 is 5.97 Å². The molecular weight excluding hydrogens is 428 g/mol. The van der Waals surface area contributed by atoms with Crippen LogP contribution in [0.4, 0.5) is 5.13 Å². The smallest absolute Gasteiger partial charge is 0.337 e. The van der Waals surface area contributed by atoms with Gasteiger partial charge in [0.15, 0.2) is 10.6 Å². The molecule has 4 aromatic rings. The number of carbonyl (C=O) groups is 2. The minimum absolute atomic E-state index is 0.0167. The SMILES string of the molecule is COC(=O)c1ccc([C@@H]2c3c(oc4cc(C)c(C)cc4c3=O)C(=O)N2c2nccs2)cc1. The van der Waals surface area contributed by atoms with Crippen LogP contribution >= 0.6 is 11.3 Å². The molecule has 0 aliphatic carbocycles. The van der Waals surface area contributed by atoms with E-state index in [0.29, 0.717) is 27.2 Å². The van der Waals surface area contributed by atoms with Crippen molar-refractivity contribution in [3.63, 3.8) is 0 Å². The van der Waals surface area contributed by atoms with Gasteiger partial charge in [-0.15, -0.1) is 11.3 Å². The normalized spacial score (nSPS) is 15.3. The lowest BCUT2D eigenvalue weighted by molar-refractivity contribution is 0.0600. The molecule has 160 valence electrons. The monoisotopic (exact) mass is 446 g/mol. The van der Waals surface area contributed by atoms with Gasteiger partial charge in [0.25, 0.3) is 5.91 Å². The van der Waals surface area contributed by atoms with Crippen LogP contribution in [0.3, 0.4) is 0 Å². The number of thiazole rings is 1. The summed E-state index contributed by atoms with van der Waals surface area (Å²) in [6, 6.07) is 9.50. The lowest BCUT2D eigenvalue weighted by Gasteiger charge is -2.22. The summed E-state index contributed by atoms with van der Waals surface area (Å²) >= 11 is 1.30. The number of benzene rings is 2. The summed E-state index contributed by atoms with van der Waals surface area (Å²) in [7, 11) is 1.31. The molecule has 1 amide bonds. The topological polar surface area (TPSA) is 89.7 Å². The number of hydrogen-bond donors (Lipinski definition) is 0. The minimum atomic E-state index is -0.724. The summed E-state index contributed by atoms with van der Waals surface area (Å²) in [5.41, 5.74) is 3.37. The Bertz CT molecular complexity index is 1440. The highest BCUT2D eigenvalue weighted by Gasteiger charge is 2.44. The highest BCUT2D eigenvalue weighted by molar-refractivity contribution is 7.13. The molecule has 3 heterocycles. The molecular formula is C24H18N2O5S. The molecule has 0 saturated heterocycles. The van der Waals surface area contributed by atoms with Crippen LogP contribution < -0.4 is 10.3 Å². The van der Waals surface area contributed by atoms with Crippen LogP contribution in [0, 0.1) is 13.8 Å². The molecule has 0 fully saturated rings. The van der Waals surface area contributed by atoms with E-state index in [9.17, 15) is 14.4 Å². The Hall–Kier alpha value is -3.78. The zero-order valence-electron chi connectivity index (χ0n) is 17.5. The van der Waals surface area contributed by atoms with Crippen LogP contribution in [0.15, 0.2) is 57.2 Å². The van der Waals surface area contributed by atoms with E-state index < -0.39 is 17.9 Å². The third-order valence-electron chi connectivity index (χ3n) is 5.76. The Balaban J connectivity index is 1.77. The zero-order chi connectivity index (χ0) is 22.6. The second-order valence-electron chi connectivity index (χ2n) is 7.61. The highest BCUT2D eigenvalue weighted by Crippen LogP contribution is 2.42. The molecule has 0 radical (unpaired) electrons. The van der Waals surface area contributed by atoms with Crippen LogP contribution in [-0.2, 0) is 4.74 Å². The Morgan fingerprint density at radius 1 is 1.12 bits per heavy atom. The lowest BCUT2D eigenvalue weighted by Crippen LogP contribution is -2.29. The summed E-state index contributed by atoms with van der Waals surface area (Å²) in [6.45, 7) is 3.86. The van der Waals surface area contributed by atoms with E-state index >= 15 is 0 Å². The third kappa shape index (κ3) is 2.95. The number of ether oxygens (including phenoxy) is 1. The Morgan fingerprint density at radius 2 is 1.84 bits per heavy atom. The first kappa shape index (κ1) is 20.1. The largest absolute Gasteiger partial charge is 0.465 e. The first-order valence-electron chi connectivity index (χ1n) is 9.90. The number of rotatable bonds is 3. The predicted molar refractivity (Wildman–Crippen MR) is 121 cm³/mol. The molecule has 1 aliphatic rings. The van der Waals surface area contributed by atoms with Crippen LogP contribution in [-0.4, -0.2) is 24.0 Å². The summed E-state index contributed by atoms with van der Waals surface area (Å²) < 4.78 is 10.8. The zero-order valence-corrected chi connectivity index (χ0v) is 18.4. The van der Waals surface area contributed by atoms with Crippen molar-refractivity contribution < 1.29 is 18.7 Å². The molecule has 8 heteroatoms. The number of esters is 1. The van der Waals surface area contributed by atoms with Gasteiger partial charge in [-0.2, -0.15) is 0 Å². The van der Waals surface area contributed by atoms with Crippen molar-refractivity contribution in [1.82, 2.24) is 4.98 Å². The van der Waals surface area contributed by atoms with Gasteiger partial charge in [-0.25, -0.2) is 9.78 Å². The van der Waals surface area contributed by atoms with Gasteiger partial charge in [-0.1, -0.05) is 12.1 Å². The number of hydrogen-bond acceptors (Lipinski definition) is 7. The van der Waals surface area contributed by atoms with Crippen LogP contribution in [0.5, 0.6) is 0 Å². The molecule has 0 N–H and O–H groups in total. The van der Waals surface area contributed by atoms with E-state index in [2.05, 4.69) is 4.98 Å². The van der Waals surface area contributed by atoms with Gasteiger partial charge in [-0.05, 0) is 54.8 Å².